The van der Waals surface area contributed by atoms with E-state index < -0.39 is 8.32 Å². The Morgan fingerprint density at radius 2 is 1.53 bits per heavy atom. The van der Waals surface area contributed by atoms with Crippen molar-refractivity contribution in [1.29, 1.82) is 0 Å². The fraction of sp³-hybridized carbons (Fsp3) is 1.00. The maximum absolute atomic E-state index is 11.8. The number of aliphatic hydroxyl groups excluding tert-OH is 1. The Kier molecular flexibility index (Phi) is 8.31. The average molecular weight is 519 g/mol. The zero-order chi connectivity index (χ0) is 26.7. The van der Waals surface area contributed by atoms with E-state index in [1.807, 2.05) is 0 Å². The van der Waals surface area contributed by atoms with Crippen LogP contribution in [-0.2, 0) is 4.43 Å². The van der Waals surface area contributed by atoms with Crippen molar-refractivity contribution in [1.82, 2.24) is 0 Å². The van der Waals surface area contributed by atoms with Crippen LogP contribution in [0.2, 0.25) is 18.1 Å². The summed E-state index contributed by atoms with van der Waals surface area (Å²) in [4.78, 5) is 0. The van der Waals surface area contributed by atoms with E-state index in [2.05, 4.69) is 68.5 Å². The van der Waals surface area contributed by atoms with Gasteiger partial charge < -0.3 is 9.53 Å². The molecule has 0 amide bonds. The molecule has 4 aliphatic rings. The number of rotatable bonds is 7. The summed E-state index contributed by atoms with van der Waals surface area (Å²) in [6, 6.07) is 0. The molecular formula is C33H62O2Si. The maximum atomic E-state index is 11.8. The molecule has 0 aromatic carbocycles. The van der Waals surface area contributed by atoms with Gasteiger partial charge in [0.15, 0.2) is 8.32 Å². The molecule has 3 heteroatoms. The molecule has 0 aliphatic heterocycles. The van der Waals surface area contributed by atoms with Gasteiger partial charge >= 0.3 is 0 Å². The van der Waals surface area contributed by atoms with E-state index in [-0.39, 0.29) is 11.1 Å². The van der Waals surface area contributed by atoms with Gasteiger partial charge in [-0.05, 0) is 122 Å². The minimum absolute atomic E-state index is 0.0979. The molecule has 0 unspecified atom stereocenters. The van der Waals surface area contributed by atoms with E-state index in [1.165, 1.54) is 64.2 Å². The molecule has 36 heavy (non-hydrogen) atoms. The number of fused-ring (bicyclic) bond motifs is 5. The minimum Gasteiger partial charge on any atom is -0.414 e. The van der Waals surface area contributed by atoms with Crippen LogP contribution >= 0.6 is 0 Å². The first-order valence-corrected chi connectivity index (χ1v) is 18.9. The fourth-order valence-electron chi connectivity index (χ4n) is 9.91. The summed E-state index contributed by atoms with van der Waals surface area (Å²) in [6.07, 6.45) is 14.7. The SMILES string of the molecule is CC(C)CCC[C@@H](C)[C@H]1CC[C@H]2[C@@H]3[C@@H](O)C[C@H]4C[C@@H](O[Si](C)(C)C(C)(C)C)CC[C@]4(C)[C@H]3CC[C@]12C. The van der Waals surface area contributed by atoms with Crippen LogP contribution in [0, 0.1) is 52.3 Å². The van der Waals surface area contributed by atoms with Gasteiger partial charge in [-0.15, -0.1) is 0 Å². The van der Waals surface area contributed by atoms with E-state index in [1.54, 1.807) is 0 Å². The molecular weight excluding hydrogens is 456 g/mol. The monoisotopic (exact) mass is 518 g/mol. The van der Waals surface area contributed by atoms with E-state index in [0.29, 0.717) is 34.7 Å². The second-order valence-electron chi connectivity index (χ2n) is 16.6. The van der Waals surface area contributed by atoms with E-state index in [9.17, 15) is 5.11 Å². The smallest absolute Gasteiger partial charge is 0.192 e. The van der Waals surface area contributed by atoms with Crippen molar-refractivity contribution in [3.8, 4) is 0 Å². The standard InChI is InChI=1S/C33H62O2Si/c1-22(2)12-11-13-23(3)26-14-15-27-30-28(17-19-33(26,27)8)32(7)18-16-25(20-24(32)21-29(30)34)35-36(9,10)31(4,5)6/h22-30,34H,11-21H2,1-10H3/t23-,24-,25+,26-,27+,28+,29+,30+,32+,33-/m1/s1. The molecule has 1 N–H and O–H groups in total. The summed E-state index contributed by atoms with van der Waals surface area (Å²) in [5.74, 6) is 5.15. The van der Waals surface area contributed by atoms with Crippen molar-refractivity contribution in [2.45, 2.75) is 156 Å². The lowest BCUT2D eigenvalue weighted by atomic mass is 9.43. The van der Waals surface area contributed by atoms with Crippen LogP contribution in [0.15, 0.2) is 0 Å². The van der Waals surface area contributed by atoms with Crippen LogP contribution in [0.3, 0.4) is 0 Å². The Balaban J connectivity index is 1.46. The molecule has 4 saturated carbocycles. The number of aliphatic hydroxyl groups is 1. The predicted molar refractivity (Wildman–Crippen MR) is 157 cm³/mol. The lowest BCUT2D eigenvalue weighted by molar-refractivity contribution is -0.173. The van der Waals surface area contributed by atoms with Crippen LogP contribution in [0.4, 0.5) is 0 Å². The van der Waals surface area contributed by atoms with Crippen LogP contribution in [0.5, 0.6) is 0 Å². The Labute approximate surface area is 226 Å². The minimum atomic E-state index is -1.75. The zero-order valence-corrected chi connectivity index (χ0v) is 26.8. The van der Waals surface area contributed by atoms with Crippen LogP contribution in [-0.4, -0.2) is 25.6 Å². The highest BCUT2D eigenvalue weighted by molar-refractivity contribution is 6.74. The summed E-state index contributed by atoms with van der Waals surface area (Å²) in [5, 5.41) is 12.0. The summed E-state index contributed by atoms with van der Waals surface area (Å²) in [7, 11) is -1.75. The van der Waals surface area contributed by atoms with Gasteiger partial charge in [-0.2, -0.15) is 0 Å². The van der Waals surface area contributed by atoms with E-state index in [4.69, 9.17) is 4.43 Å². The second kappa shape index (κ2) is 10.3. The predicted octanol–water partition coefficient (Wildman–Crippen LogP) is 9.47. The molecule has 0 saturated heterocycles. The van der Waals surface area contributed by atoms with Crippen LogP contribution < -0.4 is 0 Å². The summed E-state index contributed by atoms with van der Waals surface area (Å²) in [6.45, 7) is 24.5. The summed E-state index contributed by atoms with van der Waals surface area (Å²) >= 11 is 0. The molecule has 0 aromatic heterocycles. The Morgan fingerprint density at radius 3 is 2.17 bits per heavy atom. The Morgan fingerprint density at radius 1 is 0.889 bits per heavy atom. The topological polar surface area (TPSA) is 29.5 Å². The van der Waals surface area contributed by atoms with Gasteiger partial charge in [0.2, 0.25) is 0 Å². The summed E-state index contributed by atoms with van der Waals surface area (Å²) in [5.41, 5.74) is 0.852. The van der Waals surface area contributed by atoms with Gasteiger partial charge in [-0.3, -0.25) is 0 Å². The van der Waals surface area contributed by atoms with Crippen molar-refractivity contribution in [3.63, 3.8) is 0 Å². The molecule has 0 bridgehead atoms. The van der Waals surface area contributed by atoms with E-state index >= 15 is 0 Å². The maximum Gasteiger partial charge on any atom is 0.192 e. The largest absolute Gasteiger partial charge is 0.414 e. The fourth-order valence-corrected chi connectivity index (χ4v) is 11.3. The molecule has 4 rings (SSSR count). The molecule has 0 spiro atoms. The molecule has 4 fully saturated rings. The molecule has 210 valence electrons. The van der Waals surface area contributed by atoms with Gasteiger partial charge in [0, 0.05) is 6.10 Å². The second-order valence-corrected chi connectivity index (χ2v) is 21.4. The molecule has 0 aromatic rings. The highest BCUT2D eigenvalue weighted by Crippen LogP contribution is 2.68. The van der Waals surface area contributed by atoms with Gasteiger partial charge in [0.25, 0.3) is 0 Å². The third-order valence-electron chi connectivity index (χ3n) is 13.1. The van der Waals surface area contributed by atoms with Crippen molar-refractivity contribution in [2.24, 2.45) is 52.3 Å². The van der Waals surface area contributed by atoms with Crippen LogP contribution in [0.25, 0.3) is 0 Å². The molecule has 2 nitrogen and oxygen atoms in total. The zero-order valence-electron chi connectivity index (χ0n) is 25.8. The summed E-state index contributed by atoms with van der Waals surface area (Å²) < 4.78 is 6.94. The normalized spacial score (nSPS) is 44.2. The highest BCUT2D eigenvalue weighted by atomic mass is 28.4. The van der Waals surface area contributed by atoms with Gasteiger partial charge in [0.1, 0.15) is 0 Å². The molecule has 10 atom stereocenters. The van der Waals surface area contributed by atoms with Crippen LogP contribution in [0.1, 0.15) is 126 Å². The van der Waals surface area contributed by atoms with Crippen molar-refractivity contribution in [3.05, 3.63) is 0 Å². The Bertz CT molecular complexity index is 755. The van der Waals surface area contributed by atoms with Gasteiger partial charge in [-0.25, -0.2) is 0 Å². The van der Waals surface area contributed by atoms with E-state index in [0.717, 1.165) is 30.1 Å². The van der Waals surface area contributed by atoms with Crippen molar-refractivity contribution < 1.29 is 9.53 Å². The lowest BCUT2D eigenvalue weighted by Gasteiger charge is -2.63. The number of hydrogen-bond donors (Lipinski definition) is 1. The highest BCUT2D eigenvalue weighted by Gasteiger charge is 2.63. The van der Waals surface area contributed by atoms with Gasteiger partial charge in [-0.1, -0.05) is 74.7 Å². The third kappa shape index (κ3) is 5.17. The first-order chi connectivity index (χ1) is 16.6. The average Bonchev–Trinajstić information content (AvgIpc) is 3.10. The Hall–Kier alpha value is 0.137. The lowest BCUT2D eigenvalue weighted by Crippen LogP contribution is -2.59. The molecule has 4 aliphatic carbocycles. The first kappa shape index (κ1) is 29.1. The quantitative estimate of drug-likeness (QED) is 0.340. The van der Waals surface area contributed by atoms with Crippen molar-refractivity contribution in [2.75, 3.05) is 0 Å². The van der Waals surface area contributed by atoms with Crippen molar-refractivity contribution >= 4 is 8.32 Å². The first-order valence-electron chi connectivity index (χ1n) is 16.0. The van der Waals surface area contributed by atoms with Gasteiger partial charge in [0.05, 0.1) is 6.10 Å². The molecule has 0 radical (unpaired) electrons. The number of hydrogen-bond acceptors (Lipinski definition) is 2. The molecule has 0 heterocycles. The third-order valence-corrected chi connectivity index (χ3v) is 17.6.